The zero-order chi connectivity index (χ0) is 17.1. The molecule has 2 unspecified atom stereocenters. The summed E-state index contributed by atoms with van der Waals surface area (Å²) < 4.78 is 0. The molecule has 2 atom stereocenters. The van der Waals surface area contributed by atoms with Crippen LogP contribution in [-0.4, -0.2) is 17.3 Å². The summed E-state index contributed by atoms with van der Waals surface area (Å²) in [5, 5.41) is 0.148. The molecule has 0 radical (unpaired) electrons. The summed E-state index contributed by atoms with van der Waals surface area (Å²) in [6.07, 6.45) is 10.3. The molecule has 1 heterocycles. The molecule has 1 aromatic rings. The number of carbonyl (C=O) groups is 1. The summed E-state index contributed by atoms with van der Waals surface area (Å²) in [7, 11) is 0. The van der Waals surface area contributed by atoms with Gasteiger partial charge in [-0.15, -0.1) is 11.6 Å². The Hall–Kier alpha value is -1.02. The lowest BCUT2D eigenvalue weighted by Crippen LogP contribution is -2.35. The third kappa shape index (κ3) is 4.14. The molecule has 2 nitrogen and oxygen atoms in total. The second-order valence-corrected chi connectivity index (χ2v) is 8.55. The molecule has 0 aromatic heterocycles. The highest BCUT2D eigenvalue weighted by Gasteiger charge is 2.31. The second-order valence-electron chi connectivity index (χ2n) is 7.81. The van der Waals surface area contributed by atoms with E-state index in [1.165, 1.54) is 43.2 Å². The van der Waals surface area contributed by atoms with Crippen LogP contribution in [0.15, 0.2) is 18.2 Å². The van der Waals surface area contributed by atoms with Crippen molar-refractivity contribution in [2.24, 2.45) is 5.92 Å². The SMILES string of the molecule is CC(Cl)Cc1ccc2c(c1)CC(C)N2C(=O)CCC1CCCCC1. The van der Waals surface area contributed by atoms with Crippen LogP contribution in [0.5, 0.6) is 0 Å². The number of hydrogen-bond donors (Lipinski definition) is 0. The molecular formula is C21H30ClNO. The average molecular weight is 348 g/mol. The predicted molar refractivity (Wildman–Crippen MR) is 102 cm³/mol. The lowest BCUT2D eigenvalue weighted by Gasteiger charge is -2.25. The summed E-state index contributed by atoms with van der Waals surface area (Å²) in [6, 6.07) is 6.80. The lowest BCUT2D eigenvalue weighted by atomic mass is 9.86. The first-order valence-corrected chi connectivity index (χ1v) is 10.1. The van der Waals surface area contributed by atoms with Crippen LogP contribution in [0, 0.1) is 5.92 Å². The van der Waals surface area contributed by atoms with Crippen molar-refractivity contribution in [2.75, 3.05) is 4.90 Å². The van der Waals surface area contributed by atoms with Gasteiger partial charge in [0.25, 0.3) is 0 Å². The molecule has 1 saturated carbocycles. The minimum atomic E-state index is 0.148. The monoisotopic (exact) mass is 347 g/mol. The van der Waals surface area contributed by atoms with E-state index in [1.54, 1.807) is 0 Å². The Morgan fingerprint density at radius 2 is 2.04 bits per heavy atom. The van der Waals surface area contributed by atoms with Crippen molar-refractivity contribution in [3.05, 3.63) is 29.3 Å². The zero-order valence-electron chi connectivity index (χ0n) is 15.1. The highest BCUT2D eigenvalue weighted by Crippen LogP contribution is 2.35. The van der Waals surface area contributed by atoms with Crippen LogP contribution >= 0.6 is 11.6 Å². The Morgan fingerprint density at radius 1 is 1.29 bits per heavy atom. The number of fused-ring (bicyclic) bond motifs is 1. The Bertz CT molecular complexity index is 577. The number of halogens is 1. The third-order valence-corrected chi connectivity index (χ3v) is 5.79. The van der Waals surface area contributed by atoms with Crippen LogP contribution in [0.25, 0.3) is 0 Å². The van der Waals surface area contributed by atoms with Crippen LogP contribution in [0.3, 0.4) is 0 Å². The maximum absolute atomic E-state index is 12.8. The molecule has 0 bridgehead atoms. The van der Waals surface area contributed by atoms with Gasteiger partial charge in [-0.2, -0.15) is 0 Å². The molecule has 1 amide bonds. The summed E-state index contributed by atoms with van der Waals surface area (Å²) >= 11 is 6.12. The Labute approximate surface area is 151 Å². The van der Waals surface area contributed by atoms with Gasteiger partial charge < -0.3 is 4.90 Å². The zero-order valence-corrected chi connectivity index (χ0v) is 15.8. The Kier molecular flexibility index (Phi) is 5.86. The molecule has 3 rings (SSSR count). The molecule has 0 N–H and O–H groups in total. The van der Waals surface area contributed by atoms with Crippen molar-refractivity contribution in [1.82, 2.24) is 0 Å². The smallest absolute Gasteiger partial charge is 0.227 e. The van der Waals surface area contributed by atoms with Crippen molar-refractivity contribution in [3.63, 3.8) is 0 Å². The van der Waals surface area contributed by atoms with Crippen LogP contribution < -0.4 is 4.90 Å². The largest absolute Gasteiger partial charge is 0.309 e. The van der Waals surface area contributed by atoms with Crippen LogP contribution in [-0.2, 0) is 17.6 Å². The number of rotatable bonds is 5. The van der Waals surface area contributed by atoms with Gasteiger partial charge in [0.05, 0.1) is 0 Å². The fraction of sp³-hybridized carbons (Fsp3) is 0.667. The van der Waals surface area contributed by atoms with E-state index in [9.17, 15) is 4.79 Å². The fourth-order valence-corrected chi connectivity index (χ4v) is 4.62. The fourth-order valence-electron chi connectivity index (χ4n) is 4.44. The molecule has 3 heteroatoms. The number of benzene rings is 1. The summed E-state index contributed by atoms with van der Waals surface area (Å²) in [5.74, 6) is 1.08. The van der Waals surface area contributed by atoms with Crippen LogP contribution in [0.2, 0.25) is 0 Å². The Morgan fingerprint density at radius 3 is 2.75 bits per heavy atom. The van der Waals surface area contributed by atoms with E-state index in [0.29, 0.717) is 12.3 Å². The molecule has 1 aromatic carbocycles. The average Bonchev–Trinajstić information content (AvgIpc) is 2.88. The van der Waals surface area contributed by atoms with Gasteiger partial charge in [0.2, 0.25) is 5.91 Å². The van der Waals surface area contributed by atoms with Gasteiger partial charge >= 0.3 is 0 Å². The molecule has 0 spiro atoms. The highest BCUT2D eigenvalue weighted by molar-refractivity contribution is 6.20. The summed E-state index contributed by atoms with van der Waals surface area (Å²) in [4.78, 5) is 14.9. The van der Waals surface area contributed by atoms with Crippen molar-refractivity contribution >= 4 is 23.2 Å². The van der Waals surface area contributed by atoms with Gasteiger partial charge in [-0.25, -0.2) is 0 Å². The standard InChI is InChI=1S/C21H30ClNO/c1-15(22)12-18-8-10-20-19(14-18)13-16(2)23(20)21(24)11-9-17-6-4-3-5-7-17/h8,10,14-17H,3-7,9,11-13H2,1-2H3. The first kappa shape index (κ1) is 17.8. The number of carbonyl (C=O) groups excluding carboxylic acids is 1. The van der Waals surface area contributed by atoms with E-state index in [-0.39, 0.29) is 11.4 Å². The van der Waals surface area contributed by atoms with Gasteiger partial charge in [-0.1, -0.05) is 44.2 Å². The van der Waals surface area contributed by atoms with Crippen molar-refractivity contribution < 1.29 is 4.79 Å². The number of nitrogens with zero attached hydrogens (tertiary/aromatic N) is 1. The third-order valence-electron chi connectivity index (χ3n) is 5.64. The molecule has 1 aliphatic heterocycles. The van der Waals surface area contributed by atoms with E-state index in [4.69, 9.17) is 11.6 Å². The van der Waals surface area contributed by atoms with E-state index >= 15 is 0 Å². The number of alkyl halides is 1. The van der Waals surface area contributed by atoms with E-state index in [1.807, 2.05) is 11.8 Å². The second kappa shape index (κ2) is 7.91. The van der Waals surface area contributed by atoms with Crippen molar-refractivity contribution in [1.29, 1.82) is 0 Å². The van der Waals surface area contributed by atoms with Gasteiger partial charge in [0.15, 0.2) is 0 Å². The molecule has 24 heavy (non-hydrogen) atoms. The van der Waals surface area contributed by atoms with Crippen LogP contribution in [0.4, 0.5) is 5.69 Å². The van der Waals surface area contributed by atoms with E-state index in [2.05, 4.69) is 25.1 Å². The number of amides is 1. The minimum absolute atomic E-state index is 0.148. The summed E-state index contributed by atoms with van der Waals surface area (Å²) in [6.45, 7) is 4.20. The number of hydrogen-bond acceptors (Lipinski definition) is 1. The first-order valence-electron chi connectivity index (χ1n) is 9.62. The lowest BCUT2D eigenvalue weighted by molar-refractivity contribution is -0.119. The highest BCUT2D eigenvalue weighted by atomic mass is 35.5. The topological polar surface area (TPSA) is 20.3 Å². The van der Waals surface area contributed by atoms with E-state index < -0.39 is 0 Å². The van der Waals surface area contributed by atoms with E-state index in [0.717, 1.165) is 30.9 Å². The molecule has 2 aliphatic rings. The quantitative estimate of drug-likeness (QED) is 0.644. The maximum atomic E-state index is 12.8. The molecule has 132 valence electrons. The van der Waals surface area contributed by atoms with Gasteiger partial charge in [0, 0.05) is 23.5 Å². The van der Waals surface area contributed by atoms with Crippen molar-refractivity contribution in [2.45, 2.75) is 83.1 Å². The van der Waals surface area contributed by atoms with Crippen molar-refractivity contribution in [3.8, 4) is 0 Å². The van der Waals surface area contributed by atoms with Crippen LogP contribution in [0.1, 0.15) is 69.9 Å². The van der Waals surface area contributed by atoms with Gasteiger partial charge in [0.1, 0.15) is 0 Å². The van der Waals surface area contributed by atoms with Gasteiger partial charge in [-0.05, 0) is 56.2 Å². The first-order chi connectivity index (χ1) is 11.5. The molecule has 0 saturated heterocycles. The molecule has 1 fully saturated rings. The van der Waals surface area contributed by atoms with Gasteiger partial charge in [-0.3, -0.25) is 4.79 Å². The number of anilines is 1. The molecular weight excluding hydrogens is 318 g/mol. The Balaban J connectivity index is 1.65. The predicted octanol–water partition coefficient (Wildman–Crippen LogP) is 5.49. The molecule has 1 aliphatic carbocycles. The summed E-state index contributed by atoms with van der Waals surface area (Å²) in [5.41, 5.74) is 3.71. The normalized spacial score (nSPS) is 22.5. The maximum Gasteiger partial charge on any atom is 0.227 e. The minimum Gasteiger partial charge on any atom is -0.309 e.